The molecular formula is C15H28O4. The van der Waals surface area contributed by atoms with Crippen LogP contribution in [0.3, 0.4) is 0 Å². The predicted octanol–water partition coefficient (Wildman–Crippen LogP) is 3.10. The van der Waals surface area contributed by atoms with Crippen LogP contribution in [0.25, 0.3) is 0 Å². The zero-order valence-corrected chi connectivity index (χ0v) is 12.8. The van der Waals surface area contributed by atoms with Crippen molar-refractivity contribution in [3.8, 4) is 0 Å². The standard InChI is InChI=1S/C15H28O4/c1-5-14(6-2)16-9-13(10-17-14)11-18-15(7-3,8-4)19-12-13/h5-12H2,1-4H3. The van der Waals surface area contributed by atoms with Crippen molar-refractivity contribution in [2.75, 3.05) is 26.4 Å². The molecule has 0 aliphatic carbocycles. The summed E-state index contributed by atoms with van der Waals surface area (Å²) in [5.41, 5.74) is -0.123. The van der Waals surface area contributed by atoms with E-state index in [9.17, 15) is 0 Å². The Hall–Kier alpha value is -0.160. The van der Waals surface area contributed by atoms with E-state index in [0.29, 0.717) is 26.4 Å². The summed E-state index contributed by atoms with van der Waals surface area (Å²) < 4.78 is 24.0. The van der Waals surface area contributed by atoms with Crippen LogP contribution in [0, 0.1) is 5.41 Å². The van der Waals surface area contributed by atoms with Gasteiger partial charge in [0.1, 0.15) is 0 Å². The summed E-state index contributed by atoms with van der Waals surface area (Å²) in [6, 6.07) is 0. The first-order valence-corrected chi connectivity index (χ1v) is 7.63. The molecule has 1 spiro atoms. The van der Waals surface area contributed by atoms with Crippen LogP contribution in [0.1, 0.15) is 53.4 Å². The molecule has 0 radical (unpaired) electrons. The second-order valence-electron chi connectivity index (χ2n) is 5.89. The van der Waals surface area contributed by atoms with Gasteiger partial charge in [-0.25, -0.2) is 0 Å². The highest BCUT2D eigenvalue weighted by Gasteiger charge is 2.48. The van der Waals surface area contributed by atoms with E-state index in [0.717, 1.165) is 25.7 Å². The molecule has 2 rings (SSSR count). The molecule has 19 heavy (non-hydrogen) atoms. The van der Waals surface area contributed by atoms with Crippen molar-refractivity contribution in [3.05, 3.63) is 0 Å². The molecule has 0 amide bonds. The molecule has 112 valence electrons. The van der Waals surface area contributed by atoms with E-state index in [4.69, 9.17) is 18.9 Å². The third kappa shape index (κ3) is 2.82. The molecule has 0 bridgehead atoms. The second kappa shape index (κ2) is 5.68. The summed E-state index contributed by atoms with van der Waals surface area (Å²) >= 11 is 0. The van der Waals surface area contributed by atoms with Gasteiger partial charge in [0.25, 0.3) is 0 Å². The van der Waals surface area contributed by atoms with Crippen LogP contribution in [0.15, 0.2) is 0 Å². The van der Waals surface area contributed by atoms with Crippen LogP contribution in [-0.4, -0.2) is 38.0 Å². The normalized spacial score (nSPS) is 28.4. The zero-order valence-electron chi connectivity index (χ0n) is 12.8. The lowest BCUT2D eigenvalue weighted by Crippen LogP contribution is -2.58. The molecule has 0 N–H and O–H groups in total. The third-order valence-electron chi connectivity index (χ3n) is 4.72. The zero-order chi connectivity index (χ0) is 14.0. The smallest absolute Gasteiger partial charge is 0.167 e. The van der Waals surface area contributed by atoms with Crippen molar-refractivity contribution in [2.45, 2.75) is 65.0 Å². The van der Waals surface area contributed by atoms with Crippen LogP contribution in [0.2, 0.25) is 0 Å². The maximum atomic E-state index is 6.01. The average molecular weight is 272 g/mol. The fraction of sp³-hybridized carbons (Fsp3) is 1.00. The molecule has 0 saturated carbocycles. The molecule has 4 heteroatoms. The third-order valence-corrected chi connectivity index (χ3v) is 4.72. The van der Waals surface area contributed by atoms with Crippen LogP contribution < -0.4 is 0 Å². The van der Waals surface area contributed by atoms with Gasteiger partial charge in [-0.15, -0.1) is 0 Å². The molecule has 0 aromatic heterocycles. The lowest BCUT2D eigenvalue weighted by Gasteiger charge is -2.50. The van der Waals surface area contributed by atoms with Gasteiger partial charge in [-0.3, -0.25) is 0 Å². The Morgan fingerprint density at radius 3 is 1.05 bits per heavy atom. The van der Waals surface area contributed by atoms with Gasteiger partial charge in [0, 0.05) is 0 Å². The van der Waals surface area contributed by atoms with E-state index in [1.807, 2.05) is 0 Å². The van der Waals surface area contributed by atoms with E-state index in [-0.39, 0.29) is 5.41 Å². The SMILES string of the molecule is CCC1(CC)OCC2(CO1)COC(CC)(CC)OC2. The summed E-state index contributed by atoms with van der Waals surface area (Å²) in [6.45, 7) is 11.1. The Bertz CT molecular complexity index is 241. The van der Waals surface area contributed by atoms with Crippen LogP contribution in [0.5, 0.6) is 0 Å². The molecule has 0 aromatic rings. The van der Waals surface area contributed by atoms with Crippen molar-refractivity contribution >= 4 is 0 Å². The number of hydrogen-bond acceptors (Lipinski definition) is 4. The molecule has 2 aliphatic rings. The summed E-state index contributed by atoms with van der Waals surface area (Å²) in [4.78, 5) is 0. The van der Waals surface area contributed by atoms with Crippen molar-refractivity contribution in [3.63, 3.8) is 0 Å². The highest BCUT2D eigenvalue weighted by molar-refractivity contribution is 4.89. The molecule has 0 atom stereocenters. The first-order valence-electron chi connectivity index (χ1n) is 7.63. The largest absolute Gasteiger partial charge is 0.349 e. The fourth-order valence-electron chi connectivity index (χ4n) is 2.79. The van der Waals surface area contributed by atoms with E-state index in [1.54, 1.807) is 0 Å². The van der Waals surface area contributed by atoms with Gasteiger partial charge in [0.05, 0.1) is 31.8 Å². The van der Waals surface area contributed by atoms with Gasteiger partial charge < -0.3 is 18.9 Å². The lowest BCUT2D eigenvalue weighted by molar-refractivity contribution is -0.369. The highest BCUT2D eigenvalue weighted by atomic mass is 16.7. The first kappa shape index (κ1) is 15.2. The van der Waals surface area contributed by atoms with E-state index < -0.39 is 11.6 Å². The average Bonchev–Trinajstić information content (AvgIpc) is 2.50. The molecule has 2 saturated heterocycles. The van der Waals surface area contributed by atoms with Gasteiger partial charge in [-0.05, 0) is 25.7 Å². The number of ether oxygens (including phenoxy) is 4. The Balaban J connectivity index is 1.95. The fourth-order valence-corrected chi connectivity index (χ4v) is 2.79. The number of rotatable bonds is 4. The second-order valence-corrected chi connectivity index (χ2v) is 5.89. The maximum Gasteiger partial charge on any atom is 0.167 e. The van der Waals surface area contributed by atoms with Gasteiger partial charge in [0.15, 0.2) is 11.6 Å². The van der Waals surface area contributed by atoms with Crippen molar-refractivity contribution in [1.29, 1.82) is 0 Å². The maximum absolute atomic E-state index is 6.01. The summed E-state index contributed by atoms with van der Waals surface area (Å²) in [7, 11) is 0. The van der Waals surface area contributed by atoms with Crippen LogP contribution >= 0.6 is 0 Å². The predicted molar refractivity (Wildman–Crippen MR) is 72.9 cm³/mol. The Morgan fingerprint density at radius 2 is 0.842 bits per heavy atom. The van der Waals surface area contributed by atoms with Crippen molar-refractivity contribution in [1.82, 2.24) is 0 Å². The summed E-state index contributed by atoms with van der Waals surface area (Å²) in [5.74, 6) is -0.787. The van der Waals surface area contributed by atoms with Gasteiger partial charge in [-0.1, -0.05) is 27.7 Å². The molecule has 0 unspecified atom stereocenters. The molecular weight excluding hydrogens is 244 g/mol. The minimum absolute atomic E-state index is 0.123. The quantitative estimate of drug-likeness (QED) is 0.788. The topological polar surface area (TPSA) is 36.9 Å². The monoisotopic (exact) mass is 272 g/mol. The highest BCUT2D eigenvalue weighted by Crippen LogP contribution is 2.40. The van der Waals surface area contributed by atoms with Gasteiger partial charge >= 0.3 is 0 Å². The van der Waals surface area contributed by atoms with Crippen LogP contribution in [0.4, 0.5) is 0 Å². The van der Waals surface area contributed by atoms with Gasteiger partial charge in [-0.2, -0.15) is 0 Å². The van der Waals surface area contributed by atoms with Crippen LogP contribution in [-0.2, 0) is 18.9 Å². The van der Waals surface area contributed by atoms with E-state index >= 15 is 0 Å². The Morgan fingerprint density at radius 1 is 0.579 bits per heavy atom. The van der Waals surface area contributed by atoms with E-state index in [1.165, 1.54) is 0 Å². The summed E-state index contributed by atoms with van der Waals surface area (Å²) in [5, 5.41) is 0. The van der Waals surface area contributed by atoms with Crippen molar-refractivity contribution < 1.29 is 18.9 Å². The van der Waals surface area contributed by atoms with Crippen molar-refractivity contribution in [2.24, 2.45) is 5.41 Å². The lowest BCUT2D eigenvalue weighted by atomic mass is 9.88. The number of hydrogen-bond donors (Lipinski definition) is 0. The minimum atomic E-state index is -0.394. The van der Waals surface area contributed by atoms with E-state index in [2.05, 4.69) is 27.7 Å². The summed E-state index contributed by atoms with van der Waals surface area (Å²) in [6.07, 6.45) is 3.54. The molecule has 4 nitrogen and oxygen atoms in total. The Labute approximate surface area is 116 Å². The molecule has 2 aliphatic heterocycles. The molecule has 2 heterocycles. The van der Waals surface area contributed by atoms with Gasteiger partial charge in [0.2, 0.25) is 0 Å². The molecule has 0 aromatic carbocycles. The molecule has 2 fully saturated rings. The Kier molecular flexibility index (Phi) is 4.56. The first-order chi connectivity index (χ1) is 9.07. The minimum Gasteiger partial charge on any atom is -0.349 e.